The summed E-state index contributed by atoms with van der Waals surface area (Å²) in [7, 11) is 0. The summed E-state index contributed by atoms with van der Waals surface area (Å²) < 4.78 is 0. The second-order valence-corrected chi connectivity index (χ2v) is 5.55. The fourth-order valence-electron chi connectivity index (χ4n) is 2.93. The lowest BCUT2D eigenvalue weighted by Gasteiger charge is -2.24. The van der Waals surface area contributed by atoms with Gasteiger partial charge in [-0.3, -0.25) is 9.59 Å². The van der Waals surface area contributed by atoms with Crippen molar-refractivity contribution in [3.05, 3.63) is 45.5 Å². The molecule has 0 aliphatic heterocycles. The summed E-state index contributed by atoms with van der Waals surface area (Å²) in [5.41, 5.74) is 26.5. The van der Waals surface area contributed by atoms with E-state index in [-0.39, 0.29) is 45.0 Å². The van der Waals surface area contributed by atoms with Crippen LogP contribution in [0.1, 0.15) is 43.0 Å². The molecule has 0 fully saturated rings. The van der Waals surface area contributed by atoms with E-state index in [2.05, 4.69) is 0 Å². The fourth-order valence-corrected chi connectivity index (χ4v) is 2.93. The molecule has 0 amide bonds. The van der Waals surface area contributed by atoms with Gasteiger partial charge in [-0.05, 0) is 37.1 Å². The summed E-state index contributed by atoms with van der Waals surface area (Å²) in [6, 6.07) is 3.17. The van der Waals surface area contributed by atoms with Crippen molar-refractivity contribution in [2.75, 3.05) is 22.9 Å². The molecule has 22 heavy (non-hydrogen) atoms. The summed E-state index contributed by atoms with van der Waals surface area (Å²) in [5.74, 6) is -0.830. The summed E-state index contributed by atoms with van der Waals surface area (Å²) in [6.07, 6.45) is 0. The largest absolute Gasteiger partial charge is 0.398 e. The minimum atomic E-state index is -0.415. The van der Waals surface area contributed by atoms with Gasteiger partial charge in [0, 0.05) is 22.7 Å². The molecule has 2 aromatic carbocycles. The van der Waals surface area contributed by atoms with Crippen LogP contribution in [0.15, 0.2) is 12.1 Å². The highest BCUT2D eigenvalue weighted by Crippen LogP contribution is 2.40. The van der Waals surface area contributed by atoms with Gasteiger partial charge in [0.25, 0.3) is 0 Å². The lowest BCUT2D eigenvalue weighted by molar-refractivity contribution is 0.0981. The van der Waals surface area contributed by atoms with E-state index in [0.717, 1.165) is 0 Å². The standard InChI is InChI=1S/C16H16N4O2/c1-5-3-7(17)9-11(13(5)19)15(21)10-8(18)4-6(2)14(20)12(10)16(9)22/h3-4H,17-20H2,1-2H3. The first-order chi connectivity index (χ1) is 10.3. The van der Waals surface area contributed by atoms with E-state index in [1.807, 2.05) is 0 Å². The van der Waals surface area contributed by atoms with Gasteiger partial charge >= 0.3 is 0 Å². The Balaban J connectivity index is 2.49. The number of hydrogen-bond acceptors (Lipinski definition) is 6. The highest BCUT2D eigenvalue weighted by Gasteiger charge is 2.37. The van der Waals surface area contributed by atoms with E-state index < -0.39 is 11.6 Å². The predicted octanol–water partition coefficient (Wildman–Crippen LogP) is 1.41. The van der Waals surface area contributed by atoms with E-state index in [9.17, 15) is 9.59 Å². The third kappa shape index (κ3) is 1.54. The molecule has 2 aromatic rings. The molecule has 112 valence electrons. The Labute approximate surface area is 127 Å². The molecule has 6 nitrogen and oxygen atoms in total. The third-order valence-corrected chi connectivity index (χ3v) is 4.12. The molecule has 0 radical (unpaired) electrons. The van der Waals surface area contributed by atoms with Crippen LogP contribution in [0.5, 0.6) is 0 Å². The minimum absolute atomic E-state index is 0.109. The normalized spacial score (nSPS) is 13.0. The van der Waals surface area contributed by atoms with Gasteiger partial charge < -0.3 is 22.9 Å². The molecule has 0 spiro atoms. The van der Waals surface area contributed by atoms with Gasteiger partial charge in [0.2, 0.25) is 0 Å². The van der Waals surface area contributed by atoms with Crippen LogP contribution in [-0.4, -0.2) is 11.6 Å². The molecular weight excluding hydrogens is 280 g/mol. The molecule has 8 N–H and O–H groups in total. The Bertz CT molecular complexity index is 811. The lowest BCUT2D eigenvalue weighted by Crippen LogP contribution is -2.27. The minimum Gasteiger partial charge on any atom is -0.398 e. The van der Waals surface area contributed by atoms with Crippen LogP contribution >= 0.6 is 0 Å². The van der Waals surface area contributed by atoms with Crippen LogP contribution in [0.4, 0.5) is 22.7 Å². The maximum absolute atomic E-state index is 12.8. The molecule has 1 aliphatic carbocycles. The van der Waals surface area contributed by atoms with Gasteiger partial charge in [-0.2, -0.15) is 0 Å². The van der Waals surface area contributed by atoms with Crippen LogP contribution in [0.3, 0.4) is 0 Å². The number of nitrogen functional groups attached to an aromatic ring is 4. The number of benzene rings is 2. The molecule has 0 bridgehead atoms. The highest BCUT2D eigenvalue weighted by molar-refractivity contribution is 6.34. The first kappa shape index (κ1) is 13.9. The second-order valence-electron chi connectivity index (χ2n) is 5.55. The molecule has 1 aliphatic rings. The predicted molar refractivity (Wildman–Crippen MR) is 86.9 cm³/mol. The third-order valence-electron chi connectivity index (χ3n) is 4.12. The quantitative estimate of drug-likeness (QED) is 0.463. The first-order valence-corrected chi connectivity index (χ1v) is 6.72. The summed E-state index contributed by atoms with van der Waals surface area (Å²) in [5, 5.41) is 0. The average Bonchev–Trinajstić information content (AvgIpc) is 2.44. The van der Waals surface area contributed by atoms with E-state index in [1.54, 1.807) is 26.0 Å². The highest BCUT2D eigenvalue weighted by atomic mass is 16.1. The van der Waals surface area contributed by atoms with E-state index >= 15 is 0 Å². The first-order valence-electron chi connectivity index (χ1n) is 6.72. The maximum Gasteiger partial charge on any atom is 0.198 e. The summed E-state index contributed by atoms with van der Waals surface area (Å²) in [4.78, 5) is 25.7. The Morgan fingerprint density at radius 2 is 0.955 bits per heavy atom. The van der Waals surface area contributed by atoms with Gasteiger partial charge in [-0.25, -0.2) is 0 Å². The van der Waals surface area contributed by atoms with Gasteiger partial charge in [-0.15, -0.1) is 0 Å². The second kappa shape index (κ2) is 4.24. The van der Waals surface area contributed by atoms with E-state index in [4.69, 9.17) is 22.9 Å². The number of carbonyl (C=O) groups is 2. The van der Waals surface area contributed by atoms with Gasteiger partial charge in [0.15, 0.2) is 11.6 Å². The van der Waals surface area contributed by atoms with Crippen LogP contribution in [0.25, 0.3) is 0 Å². The van der Waals surface area contributed by atoms with Crippen molar-refractivity contribution >= 4 is 34.3 Å². The van der Waals surface area contributed by atoms with Crippen LogP contribution in [-0.2, 0) is 0 Å². The molecule has 0 saturated carbocycles. The van der Waals surface area contributed by atoms with Crippen molar-refractivity contribution in [2.24, 2.45) is 0 Å². The zero-order chi connectivity index (χ0) is 16.3. The Morgan fingerprint density at radius 1 is 0.636 bits per heavy atom. The molecular formula is C16H16N4O2. The summed E-state index contributed by atoms with van der Waals surface area (Å²) in [6.45, 7) is 3.46. The van der Waals surface area contributed by atoms with Crippen molar-refractivity contribution < 1.29 is 9.59 Å². The molecule has 0 unspecified atom stereocenters. The van der Waals surface area contributed by atoms with E-state index in [0.29, 0.717) is 11.1 Å². The number of anilines is 4. The fraction of sp³-hybridized carbons (Fsp3) is 0.125. The smallest absolute Gasteiger partial charge is 0.198 e. The maximum atomic E-state index is 12.8. The van der Waals surface area contributed by atoms with Gasteiger partial charge in [0.1, 0.15) is 0 Å². The zero-order valence-electron chi connectivity index (χ0n) is 12.3. The Kier molecular flexibility index (Phi) is 2.68. The number of rotatable bonds is 0. The monoisotopic (exact) mass is 296 g/mol. The van der Waals surface area contributed by atoms with Crippen molar-refractivity contribution in [3.63, 3.8) is 0 Å². The lowest BCUT2D eigenvalue weighted by atomic mass is 9.79. The van der Waals surface area contributed by atoms with Crippen molar-refractivity contribution in [2.45, 2.75) is 13.8 Å². The number of aryl methyl sites for hydroxylation is 2. The summed E-state index contributed by atoms with van der Waals surface area (Å²) >= 11 is 0. The van der Waals surface area contributed by atoms with Gasteiger partial charge in [-0.1, -0.05) is 0 Å². The topological polar surface area (TPSA) is 138 Å². The molecule has 3 rings (SSSR count). The molecule has 6 heteroatoms. The van der Waals surface area contributed by atoms with E-state index in [1.165, 1.54) is 0 Å². The number of hydrogen-bond donors (Lipinski definition) is 4. The van der Waals surface area contributed by atoms with Crippen LogP contribution < -0.4 is 22.9 Å². The Morgan fingerprint density at radius 3 is 1.27 bits per heavy atom. The SMILES string of the molecule is Cc1cc(N)c2c(c1N)C(=O)c1c(N)cc(C)c(N)c1C2=O. The van der Waals surface area contributed by atoms with Crippen LogP contribution in [0.2, 0.25) is 0 Å². The van der Waals surface area contributed by atoms with Gasteiger partial charge in [0.05, 0.1) is 22.3 Å². The van der Waals surface area contributed by atoms with Crippen LogP contribution in [0, 0.1) is 13.8 Å². The molecule has 0 atom stereocenters. The average molecular weight is 296 g/mol. The molecule has 0 saturated heterocycles. The molecule has 0 aromatic heterocycles. The molecule has 0 heterocycles. The number of nitrogens with two attached hydrogens (primary N) is 4. The van der Waals surface area contributed by atoms with Crippen molar-refractivity contribution in [3.8, 4) is 0 Å². The number of ketones is 2. The number of fused-ring (bicyclic) bond motifs is 2. The van der Waals surface area contributed by atoms with Crippen molar-refractivity contribution in [1.29, 1.82) is 0 Å². The number of carbonyl (C=O) groups excluding carboxylic acids is 2. The Hall–Kier alpha value is -3.02. The van der Waals surface area contributed by atoms with Crippen molar-refractivity contribution in [1.82, 2.24) is 0 Å². The zero-order valence-corrected chi connectivity index (χ0v) is 12.3.